The molecule has 1 heterocycles. The summed E-state index contributed by atoms with van der Waals surface area (Å²) in [5.41, 5.74) is 0.796. The molecule has 3 amide bonds. The van der Waals surface area contributed by atoms with Crippen molar-refractivity contribution in [2.45, 2.75) is 18.9 Å². The van der Waals surface area contributed by atoms with Crippen LogP contribution in [-0.2, 0) is 4.79 Å². The minimum atomic E-state index is -0.208. The second kappa shape index (κ2) is 7.17. The second-order valence-electron chi connectivity index (χ2n) is 5.93. The summed E-state index contributed by atoms with van der Waals surface area (Å²) in [6.45, 7) is 4.79. The molecule has 0 spiro atoms. The van der Waals surface area contributed by atoms with Crippen molar-refractivity contribution in [2.75, 3.05) is 18.4 Å². The minimum absolute atomic E-state index is 0.0475. The first kappa shape index (κ1) is 16.1. The summed E-state index contributed by atoms with van der Waals surface area (Å²) >= 11 is 0. The van der Waals surface area contributed by atoms with Gasteiger partial charge in [0.1, 0.15) is 0 Å². The molecule has 0 atom stereocenters. The highest BCUT2D eigenvalue weighted by molar-refractivity contribution is 6.01. The molecule has 5 heteroatoms. The second-order valence-corrected chi connectivity index (χ2v) is 5.93. The van der Waals surface area contributed by atoms with Crippen molar-refractivity contribution >= 4 is 28.4 Å². The van der Waals surface area contributed by atoms with Gasteiger partial charge in [-0.15, -0.1) is 0 Å². The maximum atomic E-state index is 12.3. The number of anilines is 1. The van der Waals surface area contributed by atoms with E-state index < -0.39 is 0 Å². The molecule has 2 N–H and O–H groups in total. The SMILES string of the molecule is C=CC(=O)N1CCC(NC(=O)Nc2cccc3ccccc23)CC1. The number of hydrogen-bond acceptors (Lipinski definition) is 2. The van der Waals surface area contributed by atoms with Crippen LogP contribution in [0.1, 0.15) is 12.8 Å². The van der Waals surface area contributed by atoms with E-state index in [1.165, 1.54) is 6.08 Å². The summed E-state index contributed by atoms with van der Waals surface area (Å²) in [6.07, 6.45) is 2.84. The van der Waals surface area contributed by atoms with Gasteiger partial charge in [-0.1, -0.05) is 43.0 Å². The van der Waals surface area contributed by atoms with Crippen LogP contribution in [0, 0.1) is 0 Å². The molecule has 1 fully saturated rings. The zero-order valence-corrected chi connectivity index (χ0v) is 13.5. The molecular weight excluding hydrogens is 302 g/mol. The zero-order valence-electron chi connectivity index (χ0n) is 13.5. The number of carbonyl (C=O) groups is 2. The quantitative estimate of drug-likeness (QED) is 0.853. The molecule has 2 aromatic carbocycles. The van der Waals surface area contributed by atoms with Gasteiger partial charge < -0.3 is 15.5 Å². The summed E-state index contributed by atoms with van der Waals surface area (Å²) in [4.78, 5) is 25.6. The predicted octanol–water partition coefficient (Wildman–Crippen LogP) is 3.14. The van der Waals surface area contributed by atoms with Gasteiger partial charge in [-0.3, -0.25) is 4.79 Å². The van der Waals surface area contributed by atoms with E-state index in [4.69, 9.17) is 0 Å². The Morgan fingerprint density at radius 1 is 1.08 bits per heavy atom. The van der Waals surface area contributed by atoms with Gasteiger partial charge in [0.15, 0.2) is 0 Å². The van der Waals surface area contributed by atoms with Gasteiger partial charge in [-0.2, -0.15) is 0 Å². The number of nitrogens with zero attached hydrogens (tertiary/aromatic N) is 1. The minimum Gasteiger partial charge on any atom is -0.339 e. The van der Waals surface area contributed by atoms with Gasteiger partial charge in [-0.05, 0) is 30.4 Å². The van der Waals surface area contributed by atoms with Crippen molar-refractivity contribution in [3.63, 3.8) is 0 Å². The van der Waals surface area contributed by atoms with Gasteiger partial charge in [-0.25, -0.2) is 4.79 Å². The van der Waals surface area contributed by atoms with Crippen molar-refractivity contribution in [1.29, 1.82) is 0 Å². The van der Waals surface area contributed by atoms with Crippen LogP contribution in [0.25, 0.3) is 10.8 Å². The number of carbonyl (C=O) groups excluding carboxylic acids is 2. The average molecular weight is 323 g/mol. The van der Waals surface area contributed by atoms with Gasteiger partial charge in [0.05, 0.1) is 5.69 Å². The smallest absolute Gasteiger partial charge is 0.319 e. The fraction of sp³-hybridized carbons (Fsp3) is 0.263. The molecule has 0 bridgehead atoms. The van der Waals surface area contributed by atoms with Crippen LogP contribution < -0.4 is 10.6 Å². The highest BCUT2D eigenvalue weighted by Gasteiger charge is 2.22. The Morgan fingerprint density at radius 2 is 1.79 bits per heavy atom. The molecule has 5 nitrogen and oxygen atoms in total. The first-order valence-corrected chi connectivity index (χ1v) is 8.14. The van der Waals surface area contributed by atoms with E-state index in [0.29, 0.717) is 13.1 Å². The summed E-state index contributed by atoms with van der Waals surface area (Å²) in [6, 6.07) is 13.7. The van der Waals surface area contributed by atoms with E-state index >= 15 is 0 Å². The number of hydrogen-bond donors (Lipinski definition) is 2. The summed E-state index contributed by atoms with van der Waals surface area (Å²) in [5, 5.41) is 8.03. The Hall–Kier alpha value is -2.82. The molecule has 0 radical (unpaired) electrons. The number of urea groups is 1. The van der Waals surface area contributed by atoms with Crippen LogP contribution in [0.2, 0.25) is 0 Å². The standard InChI is InChI=1S/C19H21N3O2/c1-2-18(23)22-12-10-15(11-13-22)20-19(24)21-17-9-5-7-14-6-3-4-8-16(14)17/h2-9,15H,1,10-13H2,(H2,20,21,24). The Kier molecular flexibility index (Phi) is 4.79. The van der Waals surface area contributed by atoms with Crippen LogP contribution in [0.3, 0.4) is 0 Å². The number of piperidine rings is 1. The van der Waals surface area contributed by atoms with Gasteiger partial charge in [0, 0.05) is 24.5 Å². The zero-order chi connectivity index (χ0) is 16.9. The molecule has 0 saturated carbocycles. The van der Waals surface area contributed by atoms with E-state index in [2.05, 4.69) is 17.2 Å². The van der Waals surface area contributed by atoms with E-state index in [1.807, 2.05) is 42.5 Å². The van der Waals surface area contributed by atoms with Gasteiger partial charge in [0.25, 0.3) is 0 Å². The molecule has 0 aliphatic carbocycles. The highest BCUT2D eigenvalue weighted by atomic mass is 16.2. The summed E-state index contributed by atoms with van der Waals surface area (Å²) in [5.74, 6) is -0.0475. The van der Waals surface area contributed by atoms with E-state index in [1.54, 1.807) is 4.90 Å². The lowest BCUT2D eigenvalue weighted by Gasteiger charge is -2.31. The van der Waals surface area contributed by atoms with Crippen LogP contribution in [-0.4, -0.2) is 36.0 Å². The molecule has 0 unspecified atom stereocenters. The van der Waals surface area contributed by atoms with Crippen LogP contribution >= 0.6 is 0 Å². The fourth-order valence-electron chi connectivity index (χ4n) is 3.05. The normalized spacial score (nSPS) is 15.1. The molecule has 2 aromatic rings. The number of nitrogens with one attached hydrogen (secondary N) is 2. The van der Waals surface area contributed by atoms with E-state index in [0.717, 1.165) is 29.3 Å². The Balaban J connectivity index is 1.58. The predicted molar refractivity (Wildman–Crippen MR) is 95.9 cm³/mol. The molecule has 0 aromatic heterocycles. The maximum Gasteiger partial charge on any atom is 0.319 e. The molecule has 3 rings (SSSR count). The summed E-state index contributed by atoms with van der Waals surface area (Å²) in [7, 11) is 0. The third kappa shape index (κ3) is 3.56. The Labute approximate surface area is 141 Å². The van der Waals surface area contributed by atoms with E-state index in [9.17, 15) is 9.59 Å². The van der Waals surface area contributed by atoms with Crippen molar-refractivity contribution in [1.82, 2.24) is 10.2 Å². The number of likely N-dealkylation sites (tertiary alicyclic amines) is 1. The van der Waals surface area contributed by atoms with Crippen molar-refractivity contribution in [3.05, 3.63) is 55.1 Å². The number of rotatable bonds is 3. The topological polar surface area (TPSA) is 61.4 Å². The first-order valence-electron chi connectivity index (χ1n) is 8.14. The molecule has 1 aliphatic rings. The van der Waals surface area contributed by atoms with Crippen molar-refractivity contribution < 1.29 is 9.59 Å². The van der Waals surface area contributed by atoms with Crippen LogP contribution in [0.5, 0.6) is 0 Å². The third-order valence-electron chi connectivity index (χ3n) is 4.35. The molecule has 24 heavy (non-hydrogen) atoms. The van der Waals surface area contributed by atoms with E-state index in [-0.39, 0.29) is 18.0 Å². The Bertz CT molecular complexity index is 759. The number of benzene rings is 2. The van der Waals surface area contributed by atoms with Gasteiger partial charge in [0.2, 0.25) is 5.91 Å². The number of amides is 3. The van der Waals surface area contributed by atoms with Crippen molar-refractivity contribution in [3.8, 4) is 0 Å². The third-order valence-corrected chi connectivity index (χ3v) is 4.35. The van der Waals surface area contributed by atoms with Gasteiger partial charge >= 0.3 is 6.03 Å². The average Bonchev–Trinajstić information content (AvgIpc) is 2.62. The number of fused-ring (bicyclic) bond motifs is 1. The van der Waals surface area contributed by atoms with Crippen LogP contribution in [0.15, 0.2) is 55.1 Å². The molecule has 1 aliphatic heterocycles. The maximum absolute atomic E-state index is 12.3. The molecular formula is C19H21N3O2. The Morgan fingerprint density at radius 3 is 2.54 bits per heavy atom. The summed E-state index contributed by atoms with van der Waals surface area (Å²) < 4.78 is 0. The highest BCUT2D eigenvalue weighted by Crippen LogP contribution is 2.23. The molecule has 124 valence electrons. The first-order chi connectivity index (χ1) is 11.7. The monoisotopic (exact) mass is 323 g/mol. The molecule has 1 saturated heterocycles. The lowest BCUT2D eigenvalue weighted by molar-refractivity contribution is -0.127. The fourth-order valence-corrected chi connectivity index (χ4v) is 3.05. The largest absolute Gasteiger partial charge is 0.339 e. The van der Waals surface area contributed by atoms with Crippen LogP contribution in [0.4, 0.5) is 10.5 Å². The lowest BCUT2D eigenvalue weighted by atomic mass is 10.1. The van der Waals surface area contributed by atoms with Crippen molar-refractivity contribution in [2.24, 2.45) is 0 Å². The lowest BCUT2D eigenvalue weighted by Crippen LogP contribution is -2.47.